The molecule has 26 heavy (non-hydrogen) atoms. The smallest absolute Gasteiger partial charge is 0.266 e. The maximum atomic E-state index is 13.3. The van der Waals surface area contributed by atoms with Crippen molar-refractivity contribution in [2.45, 2.75) is 5.16 Å². The van der Waals surface area contributed by atoms with Gasteiger partial charge >= 0.3 is 0 Å². The molecular formula is C21H17ClN2OS. The number of aromatic nitrogens is 2. The van der Waals surface area contributed by atoms with Crippen LogP contribution in [-0.2, 0) is 0 Å². The van der Waals surface area contributed by atoms with Crippen LogP contribution < -0.4 is 5.56 Å². The number of rotatable bonds is 5. The molecule has 0 aliphatic heterocycles. The van der Waals surface area contributed by atoms with E-state index >= 15 is 0 Å². The van der Waals surface area contributed by atoms with E-state index in [-0.39, 0.29) is 5.56 Å². The van der Waals surface area contributed by atoms with Crippen LogP contribution in [0, 0.1) is 0 Å². The van der Waals surface area contributed by atoms with Crippen LogP contribution >= 0.6 is 23.4 Å². The lowest BCUT2D eigenvalue weighted by atomic mass is 10.1. The summed E-state index contributed by atoms with van der Waals surface area (Å²) in [5.41, 5.74) is 2.66. The Morgan fingerprint density at radius 1 is 1.12 bits per heavy atom. The molecule has 0 N–H and O–H groups in total. The van der Waals surface area contributed by atoms with E-state index in [9.17, 15) is 4.79 Å². The van der Waals surface area contributed by atoms with Crippen LogP contribution in [0.3, 0.4) is 0 Å². The van der Waals surface area contributed by atoms with Crippen LogP contribution in [0.1, 0.15) is 5.56 Å². The molecule has 0 spiro atoms. The second kappa shape index (κ2) is 8.21. The van der Waals surface area contributed by atoms with Gasteiger partial charge in [0.1, 0.15) is 0 Å². The number of thioether (sulfide) groups is 1. The van der Waals surface area contributed by atoms with Crippen LogP contribution in [0.4, 0.5) is 0 Å². The van der Waals surface area contributed by atoms with Crippen molar-refractivity contribution >= 4 is 29.4 Å². The lowest BCUT2D eigenvalue weighted by Gasteiger charge is -2.15. The number of benzene rings is 2. The van der Waals surface area contributed by atoms with E-state index in [0.717, 1.165) is 11.3 Å². The Balaban J connectivity index is 2.33. The SMILES string of the molecule is C=C/C=C/c1c(-c2ccccc2)nc(SC)n(-c2ccc(Cl)cc2)c1=O. The molecule has 0 saturated heterocycles. The predicted octanol–water partition coefficient (Wildman–Crippen LogP) is 5.47. The topological polar surface area (TPSA) is 34.9 Å². The highest BCUT2D eigenvalue weighted by Crippen LogP contribution is 2.25. The molecule has 1 heterocycles. The monoisotopic (exact) mass is 380 g/mol. The molecule has 3 nitrogen and oxygen atoms in total. The van der Waals surface area contributed by atoms with Crippen molar-refractivity contribution in [3.63, 3.8) is 0 Å². The summed E-state index contributed by atoms with van der Waals surface area (Å²) < 4.78 is 1.61. The molecule has 3 aromatic rings. The first-order valence-electron chi connectivity index (χ1n) is 7.97. The Bertz CT molecular complexity index is 1010. The van der Waals surface area contributed by atoms with Crippen LogP contribution in [-0.4, -0.2) is 15.8 Å². The summed E-state index contributed by atoms with van der Waals surface area (Å²) in [5, 5.41) is 1.24. The van der Waals surface area contributed by atoms with Crippen LogP contribution in [0.15, 0.2) is 83.3 Å². The highest BCUT2D eigenvalue weighted by molar-refractivity contribution is 7.98. The summed E-state index contributed by atoms with van der Waals surface area (Å²) in [7, 11) is 0. The summed E-state index contributed by atoms with van der Waals surface area (Å²) in [4.78, 5) is 18.1. The minimum Gasteiger partial charge on any atom is -0.268 e. The van der Waals surface area contributed by atoms with Gasteiger partial charge in [0.15, 0.2) is 5.16 Å². The van der Waals surface area contributed by atoms with Gasteiger partial charge in [0, 0.05) is 10.6 Å². The first kappa shape index (κ1) is 18.2. The van der Waals surface area contributed by atoms with Crippen molar-refractivity contribution in [2.24, 2.45) is 0 Å². The fourth-order valence-electron chi connectivity index (χ4n) is 2.60. The van der Waals surface area contributed by atoms with E-state index in [1.54, 1.807) is 34.9 Å². The molecule has 0 aliphatic carbocycles. The van der Waals surface area contributed by atoms with E-state index in [0.29, 0.717) is 21.4 Å². The molecule has 5 heteroatoms. The van der Waals surface area contributed by atoms with Crippen molar-refractivity contribution in [1.29, 1.82) is 0 Å². The van der Waals surface area contributed by atoms with Gasteiger partial charge in [0.2, 0.25) is 0 Å². The summed E-state index contributed by atoms with van der Waals surface area (Å²) in [6.45, 7) is 3.70. The summed E-state index contributed by atoms with van der Waals surface area (Å²) in [6, 6.07) is 16.8. The number of allylic oxidation sites excluding steroid dienone is 2. The molecule has 0 unspecified atom stereocenters. The molecule has 0 radical (unpaired) electrons. The van der Waals surface area contributed by atoms with Gasteiger partial charge in [-0.2, -0.15) is 0 Å². The average molecular weight is 381 g/mol. The van der Waals surface area contributed by atoms with Crippen molar-refractivity contribution in [3.05, 3.63) is 94.3 Å². The molecule has 0 aliphatic rings. The van der Waals surface area contributed by atoms with Gasteiger partial charge in [-0.1, -0.05) is 72.4 Å². The minimum atomic E-state index is -0.136. The predicted molar refractivity (Wildman–Crippen MR) is 111 cm³/mol. The normalized spacial score (nSPS) is 11.0. The fourth-order valence-corrected chi connectivity index (χ4v) is 3.28. The Hall–Kier alpha value is -2.56. The van der Waals surface area contributed by atoms with Crippen molar-refractivity contribution in [3.8, 4) is 16.9 Å². The zero-order valence-corrected chi connectivity index (χ0v) is 15.8. The van der Waals surface area contributed by atoms with Crippen LogP contribution in [0.5, 0.6) is 0 Å². The summed E-state index contributed by atoms with van der Waals surface area (Å²) in [6.07, 6.45) is 7.04. The number of hydrogen-bond acceptors (Lipinski definition) is 3. The second-order valence-corrected chi connectivity index (χ2v) is 6.65. The molecular weight excluding hydrogens is 364 g/mol. The van der Waals surface area contributed by atoms with Crippen LogP contribution in [0.25, 0.3) is 23.0 Å². The zero-order valence-electron chi connectivity index (χ0n) is 14.2. The first-order chi connectivity index (χ1) is 12.7. The Morgan fingerprint density at radius 2 is 1.81 bits per heavy atom. The van der Waals surface area contributed by atoms with E-state index in [4.69, 9.17) is 16.6 Å². The van der Waals surface area contributed by atoms with Crippen molar-refractivity contribution in [1.82, 2.24) is 9.55 Å². The van der Waals surface area contributed by atoms with Gasteiger partial charge < -0.3 is 0 Å². The third-order valence-electron chi connectivity index (χ3n) is 3.80. The molecule has 130 valence electrons. The van der Waals surface area contributed by atoms with Crippen LogP contribution in [0.2, 0.25) is 5.02 Å². The molecule has 0 atom stereocenters. The van der Waals surface area contributed by atoms with Gasteiger partial charge in [-0.05, 0) is 36.6 Å². The van der Waals surface area contributed by atoms with Crippen molar-refractivity contribution < 1.29 is 0 Å². The third kappa shape index (κ3) is 3.66. The molecule has 2 aromatic carbocycles. The lowest BCUT2D eigenvalue weighted by Crippen LogP contribution is -2.24. The number of nitrogens with zero attached hydrogens (tertiary/aromatic N) is 2. The van der Waals surface area contributed by atoms with Gasteiger partial charge in [0.05, 0.1) is 16.9 Å². The lowest BCUT2D eigenvalue weighted by molar-refractivity contribution is 0.798. The Kier molecular flexibility index (Phi) is 5.76. The standard InChI is InChI=1S/C21H17ClN2OS/c1-3-4-10-18-19(15-8-6-5-7-9-15)23-21(26-2)24(20(18)25)17-13-11-16(22)12-14-17/h3-14H,1H2,2H3/b10-4+. The maximum absolute atomic E-state index is 13.3. The maximum Gasteiger partial charge on any atom is 0.266 e. The second-order valence-electron chi connectivity index (χ2n) is 5.44. The highest BCUT2D eigenvalue weighted by atomic mass is 35.5. The van der Waals surface area contributed by atoms with E-state index in [2.05, 4.69) is 6.58 Å². The summed E-state index contributed by atoms with van der Waals surface area (Å²) in [5.74, 6) is 0. The highest BCUT2D eigenvalue weighted by Gasteiger charge is 2.17. The first-order valence-corrected chi connectivity index (χ1v) is 9.57. The molecule has 0 fully saturated rings. The van der Waals surface area contributed by atoms with E-state index in [1.807, 2.05) is 48.7 Å². The van der Waals surface area contributed by atoms with Gasteiger partial charge in [-0.15, -0.1) is 0 Å². The number of halogens is 1. The number of hydrogen-bond donors (Lipinski definition) is 0. The Labute approximate surface area is 161 Å². The van der Waals surface area contributed by atoms with Gasteiger partial charge in [-0.3, -0.25) is 9.36 Å². The molecule has 0 bridgehead atoms. The van der Waals surface area contributed by atoms with Gasteiger partial charge in [0.25, 0.3) is 5.56 Å². The average Bonchev–Trinajstić information content (AvgIpc) is 2.68. The quantitative estimate of drug-likeness (QED) is 0.334. The fraction of sp³-hybridized carbons (Fsp3) is 0.0476. The molecule has 1 aromatic heterocycles. The summed E-state index contributed by atoms with van der Waals surface area (Å²) >= 11 is 7.41. The van der Waals surface area contributed by atoms with Crippen molar-refractivity contribution in [2.75, 3.05) is 6.26 Å². The zero-order chi connectivity index (χ0) is 18.5. The Morgan fingerprint density at radius 3 is 2.42 bits per heavy atom. The third-order valence-corrected chi connectivity index (χ3v) is 4.69. The van der Waals surface area contributed by atoms with E-state index < -0.39 is 0 Å². The largest absolute Gasteiger partial charge is 0.268 e. The van der Waals surface area contributed by atoms with E-state index in [1.165, 1.54) is 11.8 Å². The minimum absolute atomic E-state index is 0.136. The molecule has 3 rings (SSSR count). The molecule has 0 amide bonds. The molecule has 0 saturated carbocycles. The van der Waals surface area contributed by atoms with Gasteiger partial charge in [-0.25, -0.2) is 4.98 Å².